The molecule has 0 saturated heterocycles. The molecule has 1 aromatic carbocycles. The SMILES string of the molecule is CCCCOC=O.CCOc1cccc(CCCc2cccnc2)c1. The minimum Gasteiger partial charge on any atom is -0.494 e. The number of nitrogens with zero attached hydrogens (tertiary/aromatic N) is 1. The van der Waals surface area contributed by atoms with Gasteiger partial charge in [0.2, 0.25) is 0 Å². The Bertz CT molecular complexity index is 572. The van der Waals surface area contributed by atoms with Crippen molar-refractivity contribution in [2.24, 2.45) is 0 Å². The van der Waals surface area contributed by atoms with Gasteiger partial charge in [-0.1, -0.05) is 31.5 Å². The Hall–Kier alpha value is -2.36. The molecule has 136 valence electrons. The molecule has 0 aliphatic carbocycles. The number of rotatable bonds is 10. The Balaban J connectivity index is 0.000000381. The smallest absolute Gasteiger partial charge is 0.293 e. The summed E-state index contributed by atoms with van der Waals surface area (Å²) in [5.41, 5.74) is 2.64. The highest BCUT2D eigenvalue weighted by atomic mass is 16.5. The first-order valence-corrected chi connectivity index (χ1v) is 8.96. The molecule has 2 rings (SSSR count). The van der Waals surface area contributed by atoms with E-state index in [-0.39, 0.29) is 0 Å². The van der Waals surface area contributed by atoms with Crippen molar-refractivity contribution < 1.29 is 14.3 Å². The molecule has 0 aliphatic rings. The highest BCUT2D eigenvalue weighted by Crippen LogP contribution is 2.15. The lowest BCUT2D eigenvalue weighted by molar-refractivity contribution is -0.128. The zero-order valence-electron chi connectivity index (χ0n) is 15.3. The Morgan fingerprint density at radius 3 is 2.52 bits per heavy atom. The van der Waals surface area contributed by atoms with E-state index in [0.29, 0.717) is 13.1 Å². The van der Waals surface area contributed by atoms with Crippen LogP contribution in [0.25, 0.3) is 0 Å². The molecular formula is C21H29NO3. The first-order chi connectivity index (χ1) is 12.3. The van der Waals surface area contributed by atoms with Gasteiger partial charge in [0.1, 0.15) is 5.75 Å². The van der Waals surface area contributed by atoms with E-state index in [0.717, 1.165) is 44.5 Å². The van der Waals surface area contributed by atoms with Crippen molar-refractivity contribution in [3.8, 4) is 5.75 Å². The molecular weight excluding hydrogens is 314 g/mol. The summed E-state index contributed by atoms with van der Waals surface area (Å²) in [6, 6.07) is 12.5. The van der Waals surface area contributed by atoms with Crippen LogP contribution in [0.1, 0.15) is 44.2 Å². The minimum absolute atomic E-state index is 0.482. The van der Waals surface area contributed by atoms with E-state index >= 15 is 0 Å². The number of ether oxygens (including phenoxy) is 2. The summed E-state index contributed by atoms with van der Waals surface area (Å²) in [6.07, 6.45) is 9.10. The average molecular weight is 343 g/mol. The summed E-state index contributed by atoms with van der Waals surface area (Å²) in [7, 11) is 0. The molecule has 0 N–H and O–H groups in total. The third kappa shape index (κ3) is 10.2. The van der Waals surface area contributed by atoms with Gasteiger partial charge in [-0.25, -0.2) is 0 Å². The number of aromatic nitrogens is 1. The number of pyridine rings is 1. The van der Waals surface area contributed by atoms with Gasteiger partial charge in [-0.2, -0.15) is 0 Å². The van der Waals surface area contributed by atoms with Crippen LogP contribution in [0.15, 0.2) is 48.8 Å². The van der Waals surface area contributed by atoms with E-state index < -0.39 is 0 Å². The molecule has 1 heterocycles. The van der Waals surface area contributed by atoms with Crippen molar-refractivity contribution >= 4 is 6.47 Å². The van der Waals surface area contributed by atoms with Gasteiger partial charge in [-0.3, -0.25) is 9.78 Å². The van der Waals surface area contributed by atoms with Gasteiger partial charge in [-0.05, 0) is 61.9 Å². The fourth-order valence-corrected chi connectivity index (χ4v) is 2.28. The van der Waals surface area contributed by atoms with Gasteiger partial charge in [-0.15, -0.1) is 0 Å². The fourth-order valence-electron chi connectivity index (χ4n) is 2.28. The van der Waals surface area contributed by atoms with Crippen molar-refractivity contribution in [2.45, 2.75) is 46.0 Å². The van der Waals surface area contributed by atoms with E-state index in [4.69, 9.17) is 4.74 Å². The number of carbonyl (C=O) groups is 1. The van der Waals surface area contributed by atoms with Crippen LogP contribution in [0, 0.1) is 0 Å². The van der Waals surface area contributed by atoms with Gasteiger partial charge < -0.3 is 9.47 Å². The lowest BCUT2D eigenvalue weighted by Gasteiger charge is -2.06. The monoisotopic (exact) mass is 343 g/mol. The first kappa shape index (κ1) is 20.7. The molecule has 0 bridgehead atoms. The van der Waals surface area contributed by atoms with Gasteiger partial charge >= 0.3 is 0 Å². The number of carbonyl (C=O) groups excluding carboxylic acids is 1. The second-order valence-corrected chi connectivity index (χ2v) is 5.62. The van der Waals surface area contributed by atoms with E-state index in [2.05, 4.69) is 34.0 Å². The standard InChI is InChI=1S/C16H19NO.C5H10O2/c1-2-18-16-10-4-7-14(12-16)6-3-8-15-9-5-11-17-13-15;1-2-3-4-7-5-6/h4-5,7,9-13H,2-3,6,8H2,1H3;5H,2-4H2,1H3. The maximum Gasteiger partial charge on any atom is 0.293 e. The van der Waals surface area contributed by atoms with Crippen LogP contribution in [0.3, 0.4) is 0 Å². The van der Waals surface area contributed by atoms with Crippen LogP contribution in [0.4, 0.5) is 0 Å². The largest absolute Gasteiger partial charge is 0.494 e. The van der Waals surface area contributed by atoms with E-state index in [1.807, 2.05) is 38.4 Å². The highest BCUT2D eigenvalue weighted by Gasteiger charge is 1.98. The van der Waals surface area contributed by atoms with Gasteiger partial charge in [0.05, 0.1) is 13.2 Å². The molecule has 4 nitrogen and oxygen atoms in total. The molecule has 0 radical (unpaired) electrons. The Kier molecular flexibility index (Phi) is 11.6. The number of benzene rings is 1. The third-order valence-corrected chi connectivity index (χ3v) is 3.55. The van der Waals surface area contributed by atoms with Crippen LogP contribution in [-0.4, -0.2) is 24.7 Å². The maximum atomic E-state index is 9.46. The summed E-state index contributed by atoms with van der Waals surface area (Å²) in [5, 5.41) is 0. The summed E-state index contributed by atoms with van der Waals surface area (Å²) < 4.78 is 9.89. The zero-order valence-corrected chi connectivity index (χ0v) is 15.3. The van der Waals surface area contributed by atoms with Gasteiger partial charge in [0, 0.05) is 12.4 Å². The second-order valence-electron chi connectivity index (χ2n) is 5.62. The highest BCUT2D eigenvalue weighted by molar-refractivity contribution is 5.36. The second kappa shape index (κ2) is 14.0. The predicted molar refractivity (Wildman–Crippen MR) is 101 cm³/mol. The number of hydrogen-bond donors (Lipinski definition) is 0. The Labute approximate surface area is 151 Å². The summed E-state index contributed by atoms with van der Waals surface area (Å²) in [4.78, 5) is 13.6. The molecule has 0 spiro atoms. The molecule has 4 heteroatoms. The minimum atomic E-state index is 0.482. The van der Waals surface area contributed by atoms with E-state index in [1.165, 1.54) is 11.1 Å². The van der Waals surface area contributed by atoms with E-state index in [9.17, 15) is 4.79 Å². The molecule has 0 fully saturated rings. The summed E-state index contributed by atoms with van der Waals surface area (Å²) in [6.45, 7) is 5.83. The number of aryl methyl sites for hydroxylation is 2. The van der Waals surface area contributed by atoms with Crippen molar-refractivity contribution in [2.75, 3.05) is 13.2 Å². The molecule has 25 heavy (non-hydrogen) atoms. The fraction of sp³-hybridized carbons (Fsp3) is 0.429. The lowest BCUT2D eigenvalue weighted by atomic mass is 10.1. The molecule has 0 atom stereocenters. The Morgan fingerprint density at radius 2 is 1.84 bits per heavy atom. The van der Waals surface area contributed by atoms with Crippen molar-refractivity contribution in [3.05, 3.63) is 59.9 Å². The average Bonchev–Trinajstić information content (AvgIpc) is 2.64. The molecule has 2 aromatic rings. The maximum absolute atomic E-state index is 9.46. The number of unbranched alkanes of at least 4 members (excludes halogenated alkanes) is 1. The molecule has 0 unspecified atom stereocenters. The van der Waals surface area contributed by atoms with Crippen LogP contribution >= 0.6 is 0 Å². The normalized spacial score (nSPS) is 9.68. The van der Waals surface area contributed by atoms with Crippen molar-refractivity contribution in [1.29, 1.82) is 0 Å². The third-order valence-electron chi connectivity index (χ3n) is 3.55. The van der Waals surface area contributed by atoms with Crippen LogP contribution in [0.2, 0.25) is 0 Å². The van der Waals surface area contributed by atoms with Crippen LogP contribution in [0.5, 0.6) is 5.75 Å². The van der Waals surface area contributed by atoms with Gasteiger partial charge in [0.15, 0.2) is 0 Å². The molecule has 0 saturated carbocycles. The van der Waals surface area contributed by atoms with Crippen LogP contribution < -0.4 is 4.74 Å². The van der Waals surface area contributed by atoms with Crippen molar-refractivity contribution in [1.82, 2.24) is 4.98 Å². The zero-order chi connectivity index (χ0) is 18.2. The topological polar surface area (TPSA) is 48.4 Å². The lowest BCUT2D eigenvalue weighted by Crippen LogP contribution is -1.94. The van der Waals surface area contributed by atoms with Crippen molar-refractivity contribution in [3.63, 3.8) is 0 Å². The summed E-state index contributed by atoms with van der Waals surface area (Å²) in [5.74, 6) is 0.969. The first-order valence-electron chi connectivity index (χ1n) is 8.96. The molecule has 0 amide bonds. The van der Waals surface area contributed by atoms with Crippen LogP contribution in [-0.2, 0) is 22.4 Å². The predicted octanol–water partition coefficient (Wildman–Crippen LogP) is 4.62. The Morgan fingerprint density at radius 1 is 1.04 bits per heavy atom. The molecule has 1 aromatic heterocycles. The molecule has 0 aliphatic heterocycles. The summed E-state index contributed by atoms with van der Waals surface area (Å²) >= 11 is 0. The quantitative estimate of drug-likeness (QED) is 0.467. The van der Waals surface area contributed by atoms with E-state index in [1.54, 1.807) is 0 Å². The number of hydrogen-bond acceptors (Lipinski definition) is 4. The van der Waals surface area contributed by atoms with Gasteiger partial charge in [0.25, 0.3) is 6.47 Å².